The van der Waals surface area contributed by atoms with Crippen LogP contribution in [-0.2, 0) is 14.8 Å². The summed E-state index contributed by atoms with van der Waals surface area (Å²) in [4.78, 5) is 26.0. The first kappa shape index (κ1) is 21.9. The lowest BCUT2D eigenvalue weighted by atomic mass is 10.0. The minimum atomic E-state index is -3.89. The van der Waals surface area contributed by atoms with Crippen LogP contribution in [0.15, 0.2) is 53.4 Å². The van der Waals surface area contributed by atoms with Gasteiger partial charge in [0.25, 0.3) is 15.9 Å². The van der Waals surface area contributed by atoms with Crippen LogP contribution in [0.1, 0.15) is 23.2 Å². The fourth-order valence-electron chi connectivity index (χ4n) is 3.19. The second-order valence-electron chi connectivity index (χ2n) is 6.81. The lowest BCUT2D eigenvalue weighted by Crippen LogP contribution is -2.46. The molecular weight excluding hydrogens is 430 g/mol. The quantitative estimate of drug-likeness (QED) is 0.726. The van der Waals surface area contributed by atoms with Crippen molar-refractivity contribution in [3.63, 3.8) is 0 Å². The molecule has 2 aromatic carbocycles. The van der Waals surface area contributed by atoms with Gasteiger partial charge in [0.05, 0.1) is 23.3 Å². The number of methoxy groups -OCH3 is 1. The molecule has 1 aliphatic heterocycles. The molecule has 0 aromatic heterocycles. The molecule has 160 valence electrons. The molecule has 10 heteroatoms. The van der Waals surface area contributed by atoms with E-state index in [0.717, 1.165) is 0 Å². The largest absolute Gasteiger partial charge is 0.453 e. The molecule has 0 bridgehead atoms. The summed E-state index contributed by atoms with van der Waals surface area (Å²) in [5.41, 5.74) is 0.391. The van der Waals surface area contributed by atoms with E-state index in [2.05, 4.69) is 10.0 Å². The zero-order valence-corrected chi connectivity index (χ0v) is 17.9. The third kappa shape index (κ3) is 5.22. The van der Waals surface area contributed by atoms with Crippen LogP contribution in [0.4, 0.5) is 10.5 Å². The van der Waals surface area contributed by atoms with E-state index >= 15 is 0 Å². The number of benzene rings is 2. The SMILES string of the molecule is COC(=O)N1CCC(NC(=O)c2ccccc2NS(=O)(=O)c2ccc(Cl)cc2)CC1. The Bertz CT molecular complexity index is 1020. The topological polar surface area (TPSA) is 105 Å². The van der Waals surface area contributed by atoms with Crippen molar-refractivity contribution in [3.05, 3.63) is 59.1 Å². The number of piperidine rings is 1. The third-order valence-electron chi connectivity index (χ3n) is 4.80. The van der Waals surface area contributed by atoms with Crippen molar-refractivity contribution in [1.82, 2.24) is 10.2 Å². The molecule has 1 aliphatic rings. The van der Waals surface area contributed by atoms with Crippen LogP contribution >= 0.6 is 11.6 Å². The Morgan fingerprint density at radius 1 is 1.07 bits per heavy atom. The van der Waals surface area contributed by atoms with Gasteiger partial charge in [-0.2, -0.15) is 0 Å². The zero-order chi connectivity index (χ0) is 21.7. The lowest BCUT2D eigenvalue weighted by Gasteiger charge is -2.31. The van der Waals surface area contributed by atoms with Crippen molar-refractivity contribution in [1.29, 1.82) is 0 Å². The molecule has 0 unspecified atom stereocenters. The molecule has 0 atom stereocenters. The fraction of sp³-hybridized carbons (Fsp3) is 0.300. The summed E-state index contributed by atoms with van der Waals surface area (Å²) in [7, 11) is -2.55. The maximum atomic E-state index is 12.8. The third-order valence-corrected chi connectivity index (χ3v) is 6.44. The van der Waals surface area contributed by atoms with E-state index < -0.39 is 10.0 Å². The maximum Gasteiger partial charge on any atom is 0.409 e. The molecule has 2 aromatic rings. The van der Waals surface area contributed by atoms with E-state index in [-0.39, 0.29) is 34.2 Å². The Kier molecular flexibility index (Phi) is 6.84. The molecule has 1 saturated heterocycles. The summed E-state index contributed by atoms with van der Waals surface area (Å²) in [5.74, 6) is -0.388. The number of rotatable bonds is 5. The monoisotopic (exact) mass is 451 g/mol. The first-order valence-electron chi connectivity index (χ1n) is 9.31. The minimum Gasteiger partial charge on any atom is -0.453 e. The Morgan fingerprint density at radius 2 is 1.70 bits per heavy atom. The van der Waals surface area contributed by atoms with Gasteiger partial charge in [0.2, 0.25) is 0 Å². The smallest absolute Gasteiger partial charge is 0.409 e. The Hall–Kier alpha value is -2.78. The van der Waals surface area contributed by atoms with Gasteiger partial charge in [0, 0.05) is 24.2 Å². The van der Waals surface area contributed by atoms with Crippen LogP contribution in [0.5, 0.6) is 0 Å². The van der Waals surface area contributed by atoms with Gasteiger partial charge in [-0.15, -0.1) is 0 Å². The van der Waals surface area contributed by atoms with E-state index in [1.54, 1.807) is 23.1 Å². The number of hydrogen-bond donors (Lipinski definition) is 2. The number of nitrogens with zero attached hydrogens (tertiary/aromatic N) is 1. The molecule has 1 heterocycles. The highest BCUT2D eigenvalue weighted by Crippen LogP contribution is 2.22. The van der Waals surface area contributed by atoms with E-state index in [1.165, 1.54) is 37.4 Å². The second kappa shape index (κ2) is 9.36. The normalized spacial score (nSPS) is 14.8. The van der Waals surface area contributed by atoms with Gasteiger partial charge in [-0.25, -0.2) is 13.2 Å². The van der Waals surface area contributed by atoms with E-state index in [4.69, 9.17) is 16.3 Å². The standard InChI is InChI=1S/C20H22ClN3O5S/c1-29-20(26)24-12-10-15(11-13-24)22-19(25)17-4-2-3-5-18(17)23-30(27,28)16-8-6-14(21)7-9-16/h2-9,15,23H,10-13H2,1H3,(H,22,25). The average Bonchev–Trinajstić information content (AvgIpc) is 2.74. The first-order chi connectivity index (χ1) is 14.3. The van der Waals surface area contributed by atoms with E-state index in [9.17, 15) is 18.0 Å². The highest BCUT2D eigenvalue weighted by Gasteiger charge is 2.25. The second-order valence-corrected chi connectivity index (χ2v) is 8.93. The van der Waals surface area contributed by atoms with Gasteiger partial charge in [-0.05, 0) is 49.2 Å². The van der Waals surface area contributed by atoms with Gasteiger partial charge in [-0.3, -0.25) is 9.52 Å². The number of ether oxygens (including phenoxy) is 1. The Balaban J connectivity index is 1.70. The van der Waals surface area contributed by atoms with Gasteiger partial charge < -0.3 is 15.0 Å². The van der Waals surface area contributed by atoms with Crippen LogP contribution in [0.25, 0.3) is 0 Å². The minimum absolute atomic E-state index is 0.0392. The summed E-state index contributed by atoms with van der Waals surface area (Å²) in [6.45, 7) is 0.949. The maximum absolute atomic E-state index is 12.8. The number of para-hydroxylation sites is 1. The predicted molar refractivity (Wildman–Crippen MR) is 113 cm³/mol. The molecule has 0 saturated carbocycles. The molecule has 0 aliphatic carbocycles. The van der Waals surface area contributed by atoms with Gasteiger partial charge in [0.1, 0.15) is 0 Å². The van der Waals surface area contributed by atoms with Crippen LogP contribution in [0.3, 0.4) is 0 Å². The van der Waals surface area contributed by atoms with Crippen molar-refractivity contribution < 1.29 is 22.7 Å². The fourth-order valence-corrected chi connectivity index (χ4v) is 4.39. The number of sulfonamides is 1. The van der Waals surface area contributed by atoms with Crippen molar-refractivity contribution in [2.45, 2.75) is 23.8 Å². The summed E-state index contributed by atoms with van der Waals surface area (Å²) >= 11 is 5.82. The number of likely N-dealkylation sites (tertiary alicyclic amines) is 1. The summed E-state index contributed by atoms with van der Waals surface area (Å²) < 4.78 is 32.5. The summed E-state index contributed by atoms with van der Waals surface area (Å²) in [6.07, 6.45) is 0.778. The van der Waals surface area contributed by atoms with E-state index in [0.29, 0.717) is 31.0 Å². The molecule has 30 heavy (non-hydrogen) atoms. The highest BCUT2D eigenvalue weighted by atomic mass is 35.5. The lowest BCUT2D eigenvalue weighted by molar-refractivity contribution is 0.0893. The molecule has 0 radical (unpaired) electrons. The van der Waals surface area contributed by atoms with Crippen molar-refractivity contribution in [2.24, 2.45) is 0 Å². The number of hydrogen-bond acceptors (Lipinski definition) is 5. The number of amides is 2. The van der Waals surface area contributed by atoms with E-state index in [1.807, 2.05) is 0 Å². The van der Waals surface area contributed by atoms with Crippen molar-refractivity contribution in [3.8, 4) is 0 Å². The van der Waals surface area contributed by atoms with Crippen LogP contribution in [0, 0.1) is 0 Å². The molecular formula is C20H22ClN3O5S. The number of carbonyl (C=O) groups is 2. The number of nitrogens with one attached hydrogen (secondary N) is 2. The van der Waals surface area contributed by atoms with Gasteiger partial charge in [-0.1, -0.05) is 23.7 Å². The zero-order valence-electron chi connectivity index (χ0n) is 16.3. The van der Waals surface area contributed by atoms with Crippen LogP contribution in [-0.4, -0.2) is 51.6 Å². The highest BCUT2D eigenvalue weighted by molar-refractivity contribution is 7.92. The summed E-state index contributed by atoms with van der Waals surface area (Å²) in [5, 5.41) is 3.34. The predicted octanol–water partition coefficient (Wildman–Crippen LogP) is 3.10. The summed E-state index contributed by atoms with van der Waals surface area (Å²) in [6, 6.07) is 12.0. The van der Waals surface area contributed by atoms with Crippen molar-refractivity contribution >= 4 is 39.3 Å². The molecule has 3 rings (SSSR count). The Morgan fingerprint density at radius 3 is 2.33 bits per heavy atom. The molecule has 2 amide bonds. The van der Waals surface area contributed by atoms with Crippen LogP contribution < -0.4 is 10.0 Å². The van der Waals surface area contributed by atoms with Crippen molar-refractivity contribution in [2.75, 3.05) is 24.9 Å². The van der Waals surface area contributed by atoms with Gasteiger partial charge in [0.15, 0.2) is 0 Å². The molecule has 0 spiro atoms. The number of carbonyl (C=O) groups excluding carboxylic acids is 2. The molecule has 1 fully saturated rings. The van der Waals surface area contributed by atoms with Gasteiger partial charge >= 0.3 is 6.09 Å². The Labute approximate surface area is 180 Å². The molecule has 2 N–H and O–H groups in total. The molecule has 8 nitrogen and oxygen atoms in total. The van der Waals surface area contributed by atoms with Crippen LogP contribution in [0.2, 0.25) is 5.02 Å². The number of anilines is 1. The average molecular weight is 452 g/mol. The first-order valence-corrected chi connectivity index (χ1v) is 11.2. The number of halogens is 1.